The highest BCUT2D eigenvalue weighted by Gasteiger charge is 2.46. The maximum atomic E-state index is 9.76. The molecule has 9 atom stereocenters. The van der Waals surface area contributed by atoms with Crippen LogP contribution in [0.2, 0.25) is 0 Å². The van der Waals surface area contributed by atoms with E-state index in [-0.39, 0.29) is 11.0 Å². The highest BCUT2D eigenvalue weighted by molar-refractivity contribution is 4.88. The van der Waals surface area contributed by atoms with Crippen LogP contribution >= 0.6 is 0 Å². The van der Waals surface area contributed by atoms with Gasteiger partial charge in [-0.3, -0.25) is 0 Å². The number of rotatable bonds is 7. The van der Waals surface area contributed by atoms with E-state index in [4.69, 9.17) is 19.7 Å². The normalized spacial score (nSPS) is 35.1. The first kappa shape index (κ1) is 25.7. The molecular weight excluding hydrogens is 340 g/mol. The Morgan fingerprint density at radius 3 is 1.75 bits per heavy atom. The summed E-state index contributed by atoms with van der Waals surface area (Å²) in [7, 11) is 0. The summed E-state index contributed by atoms with van der Waals surface area (Å²) in [6.07, 6.45) is -16.2. The van der Waals surface area contributed by atoms with Crippen molar-refractivity contribution in [3.05, 3.63) is 0 Å². The van der Waals surface area contributed by atoms with E-state index in [1.807, 2.05) is 0 Å². The lowest BCUT2D eigenvalue weighted by Gasteiger charge is -2.40. The molecule has 1 aliphatic rings. The van der Waals surface area contributed by atoms with Crippen LogP contribution < -0.4 is 0 Å². The van der Waals surface area contributed by atoms with E-state index in [1.54, 1.807) is 0 Å². The van der Waals surface area contributed by atoms with Crippen LogP contribution in [0.3, 0.4) is 0 Å². The number of aliphatic hydroxyl groups excluding tert-OH is 9. The number of hydrogen-bond acceptors (Lipinski definition) is 11. The van der Waals surface area contributed by atoms with Crippen molar-refractivity contribution in [3.63, 3.8) is 0 Å². The zero-order valence-electron chi connectivity index (χ0n) is 12.5. The molecule has 24 heavy (non-hydrogen) atoms. The van der Waals surface area contributed by atoms with Gasteiger partial charge < -0.3 is 66.4 Å². The molecule has 148 valence electrons. The molecule has 0 saturated carbocycles. The molecule has 0 radical (unpaired) electrons. The Bertz CT molecular complexity index is 331. The van der Waals surface area contributed by atoms with E-state index >= 15 is 0 Å². The molecule has 1 fully saturated rings. The van der Waals surface area contributed by atoms with Crippen molar-refractivity contribution < 1.29 is 66.4 Å². The molecule has 1 rings (SSSR count). The summed E-state index contributed by atoms with van der Waals surface area (Å²) in [4.78, 5) is 0. The fourth-order valence-electron chi connectivity index (χ4n) is 1.93. The van der Waals surface area contributed by atoms with E-state index in [2.05, 4.69) is 0 Å². The summed E-state index contributed by atoms with van der Waals surface area (Å²) in [6, 6.07) is 0. The Hall–Kier alpha value is -0.520. The number of ether oxygens (including phenoxy) is 2. The minimum absolute atomic E-state index is 0. The second kappa shape index (κ2) is 11.2. The molecule has 1 saturated heterocycles. The Morgan fingerprint density at radius 2 is 1.29 bits per heavy atom. The van der Waals surface area contributed by atoms with Crippen LogP contribution in [0.5, 0.6) is 0 Å². The molecule has 1 heterocycles. The zero-order chi connectivity index (χ0) is 17.0. The van der Waals surface area contributed by atoms with Gasteiger partial charge in [0, 0.05) is 0 Å². The van der Waals surface area contributed by atoms with Crippen molar-refractivity contribution in [1.82, 2.24) is 0 Å². The van der Waals surface area contributed by atoms with E-state index in [0.717, 1.165) is 0 Å². The molecule has 0 spiro atoms. The monoisotopic (exact) mass is 366 g/mol. The Kier molecular flexibility index (Phi) is 12.0. The van der Waals surface area contributed by atoms with Crippen molar-refractivity contribution in [2.45, 2.75) is 55.3 Å². The number of hydrogen-bond donors (Lipinski definition) is 9. The predicted molar refractivity (Wildman–Crippen MR) is 73.2 cm³/mol. The molecule has 13 heteroatoms. The van der Waals surface area contributed by atoms with Crippen molar-refractivity contribution in [2.24, 2.45) is 0 Å². The molecule has 0 aromatic heterocycles. The third-order valence-electron chi connectivity index (χ3n) is 3.32. The van der Waals surface area contributed by atoms with Crippen LogP contribution in [0, 0.1) is 0 Å². The largest absolute Gasteiger partial charge is 0.412 e. The zero-order valence-corrected chi connectivity index (χ0v) is 12.5. The lowest BCUT2D eigenvalue weighted by atomic mass is 10.0. The first-order chi connectivity index (χ1) is 10.2. The topological polar surface area (TPSA) is 264 Å². The van der Waals surface area contributed by atoms with Crippen LogP contribution in [-0.2, 0) is 9.47 Å². The van der Waals surface area contributed by atoms with E-state index in [9.17, 15) is 35.7 Å². The third-order valence-corrected chi connectivity index (χ3v) is 3.32. The van der Waals surface area contributed by atoms with E-state index in [1.165, 1.54) is 0 Å². The van der Waals surface area contributed by atoms with Gasteiger partial charge in [-0.25, -0.2) is 0 Å². The van der Waals surface area contributed by atoms with Gasteiger partial charge >= 0.3 is 0 Å². The van der Waals surface area contributed by atoms with Crippen molar-refractivity contribution in [1.29, 1.82) is 0 Å². The van der Waals surface area contributed by atoms with Crippen molar-refractivity contribution >= 4 is 0 Å². The summed E-state index contributed by atoms with van der Waals surface area (Å²) >= 11 is 0. The molecular formula is C11H26O13. The summed E-state index contributed by atoms with van der Waals surface area (Å²) < 4.78 is 9.69. The van der Waals surface area contributed by atoms with Gasteiger partial charge in [-0.05, 0) is 0 Å². The molecule has 0 aromatic rings. The van der Waals surface area contributed by atoms with Gasteiger partial charge in [0.1, 0.15) is 42.7 Å². The average Bonchev–Trinajstić information content (AvgIpc) is 2.52. The van der Waals surface area contributed by atoms with Crippen LogP contribution in [0.1, 0.15) is 0 Å². The summed E-state index contributed by atoms with van der Waals surface area (Å²) in [6.45, 7) is -1.77. The van der Waals surface area contributed by atoms with Crippen LogP contribution in [0.25, 0.3) is 0 Å². The molecule has 1 aliphatic heterocycles. The van der Waals surface area contributed by atoms with Gasteiger partial charge in [0.05, 0.1) is 13.2 Å². The Morgan fingerprint density at radius 1 is 0.792 bits per heavy atom. The number of aliphatic hydroxyl groups is 9. The quantitative estimate of drug-likeness (QED) is 0.204. The highest BCUT2D eigenvalue weighted by Crippen LogP contribution is 2.23. The van der Waals surface area contributed by atoms with Crippen LogP contribution in [-0.4, -0.2) is 125 Å². The second-order valence-corrected chi connectivity index (χ2v) is 4.96. The van der Waals surface area contributed by atoms with Gasteiger partial charge in [0.25, 0.3) is 0 Å². The molecule has 13 N–H and O–H groups in total. The lowest BCUT2D eigenvalue weighted by Crippen LogP contribution is -2.61. The van der Waals surface area contributed by atoms with E-state index in [0.29, 0.717) is 0 Å². The SMILES string of the molecule is O.O.OC[C@@H](O)[C@@H](O[C@@H]1O[C@H](O)[C@H](O)[C@H](O)[C@H]1O)[C@H](O)[C@@H](O)CO. The first-order valence-corrected chi connectivity index (χ1v) is 6.53. The lowest BCUT2D eigenvalue weighted by molar-refractivity contribution is -0.358. The van der Waals surface area contributed by atoms with E-state index < -0.39 is 68.5 Å². The highest BCUT2D eigenvalue weighted by atomic mass is 16.8. The van der Waals surface area contributed by atoms with Gasteiger partial charge in [-0.1, -0.05) is 0 Å². The molecule has 0 bridgehead atoms. The summed E-state index contributed by atoms with van der Waals surface area (Å²) in [5.74, 6) is 0. The van der Waals surface area contributed by atoms with Gasteiger partial charge in [-0.15, -0.1) is 0 Å². The fraction of sp³-hybridized carbons (Fsp3) is 1.00. The molecule has 0 aromatic carbocycles. The van der Waals surface area contributed by atoms with Crippen LogP contribution in [0.15, 0.2) is 0 Å². The Labute approximate surface area is 136 Å². The maximum Gasteiger partial charge on any atom is 0.189 e. The molecule has 13 nitrogen and oxygen atoms in total. The summed E-state index contributed by atoms with van der Waals surface area (Å²) in [5.41, 5.74) is 0. The van der Waals surface area contributed by atoms with Gasteiger partial charge in [0.2, 0.25) is 0 Å². The maximum absolute atomic E-state index is 9.76. The second-order valence-electron chi connectivity index (χ2n) is 4.96. The minimum Gasteiger partial charge on any atom is -0.412 e. The van der Waals surface area contributed by atoms with Crippen LogP contribution in [0.4, 0.5) is 0 Å². The Balaban J connectivity index is 0. The van der Waals surface area contributed by atoms with Gasteiger partial charge in [0.15, 0.2) is 12.6 Å². The molecule has 0 aliphatic carbocycles. The smallest absolute Gasteiger partial charge is 0.189 e. The van der Waals surface area contributed by atoms with Gasteiger partial charge in [-0.2, -0.15) is 0 Å². The van der Waals surface area contributed by atoms with Crippen molar-refractivity contribution in [3.8, 4) is 0 Å². The minimum atomic E-state index is -1.91. The predicted octanol–water partition coefficient (Wildman–Crippen LogP) is -7.45. The standard InChI is InChI=1S/C11H22O11.2H2O/c12-1-3(14)5(16)9(4(15)2-13)21-11-8(19)6(17)7(18)10(20)22-11;;/h3-20H,1-2H2;2*1H2/t3-,4+,5+,6-,7+,8+,9+,10-,11+;;/m0../s1. The fourth-order valence-corrected chi connectivity index (χ4v) is 1.93. The molecule has 0 unspecified atom stereocenters. The summed E-state index contributed by atoms with van der Waals surface area (Å²) in [5, 5.41) is 84.3. The van der Waals surface area contributed by atoms with Crippen molar-refractivity contribution in [2.75, 3.05) is 13.2 Å². The first-order valence-electron chi connectivity index (χ1n) is 6.53. The average molecular weight is 366 g/mol. The third kappa shape index (κ3) is 5.78. The molecule has 0 amide bonds.